The molecule has 82 valence electrons. The van der Waals surface area contributed by atoms with Gasteiger partial charge >= 0.3 is 0 Å². The largest absolute Gasteiger partial charge is 0.497 e. The van der Waals surface area contributed by atoms with Gasteiger partial charge in [-0.25, -0.2) is 0 Å². The SMILES string of the molecule is COc1cccc(C2(O)CCCCC2)c1. The molecule has 1 fully saturated rings. The standard InChI is InChI=1S/C13H18O2/c1-15-12-7-5-6-11(10-12)13(14)8-3-2-4-9-13/h5-7,10,14H,2-4,8-9H2,1H3. The van der Waals surface area contributed by atoms with E-state index in [9.17, 15) is 5.11 Å². The van der Waals surface area contributed by atoms with Crippen LogP contribution in [0.2, 0.25) is 0 Å². The highest BCUT2D eigenvalue weighted by molar-refractivity contribution is 5.32. The number of ether oxygens (including phenoxy) is 1. The minimum atomic E-state index is -0.618. The van der Waals surface area contributed by atoms with Gasteiger partial charge in [-0.2, -0.15) is 0 Å². The molecule has 2 rings (SSSR count). The van der Waals surface area contributed by atoms with Crippen LogP contribution in [0.3, 0.4) is 0 Å². The van der Waals surface area contributed by atoms with Crippen LogP contribution in [0.15, 0.2) is 24.3 Å². The zero-order valence-corrected chi connectivity index (χ0v) is 9.20. The molecule has 1 saturated carbocycles. The molecule has 0 aliphatic heterocycles. The van der Waals surface area contributed by atoms with E-state index in [1.165, 1.54) is 6.42 Å². The van der Waals surface area contributed by atoms with E-state index in [-0.39, 0.29) is 0 Å². The molecule has 0 spiro atoms. The molecule has 1 aliphatic rings. The summed E-state index contributed by atoms with van der Waals surface area (Å²) in [7, 11) is 1.66. The van der Waals surface area contributed by atoms with Crippen LogP contribution in [0.5, 0.6) is 5.75 Å². The smallest absolute Gasteiger partial charge is 0.119 e. The van der Waals surface area contributed by atoms with Crippen molar-refractivity contribution in [3.8, 4) is 5.75 Å². The van der Waals surface area contributed by atoms with Crippen molar-refractivity contribution in [3.63, 3.8) is 0 Å². The zero-order chi connectivity index (χ0) is 10.7. The summed E-state index contributed by atoms with van der Waals surface area (Å²) in [6.45, 7) is 0. The molecule has 1 aromatic rings. The van der Waals surface area contributed by atoms with E-state index in [1.54, 1.807) is 7.11 Å². The second-order valence-electron chi connectivity index (χ2n) is 4.32. The van der Waals surface area contributed by atoms with Crippen molar-refractivity contribution in [2.45, 2.75) is 37.7 Å². The first-order valence-corrected chi connectivity index (χ1v) is 5.61. The Morgan fingerprint density at radius 2 is 1.93 bits per heavy atom. The first kappa shape index (κ1) is 10.5. The minimum absolute atomic E-state index is 0.618. The van der Waals surface area contributed by atoms with Crippen LogP contribution in [0.4, 0.5) is 0 Å². The molecule has 2 heteroatoms. The van der Waals surface area contributed by atoms with Crippen molar-refractivity contribution in [1.29, 1.82) is 0 Å². The highest BCUT2D eigenvalue weighted by atomic mass is 16.5. The fraction of sp³-hybridized carbons (Fsp3) is 0.538. The Balaban J connectivity index is 2.26. The summed E-state index contributed by atoms with van der Waals surface area (Å²) in [6.07, 6.45) is 5.23. The number of hydrogen-bond acceptors (Lipinski definition) is 2. The van der Waals surface area contributed by atoms with Crippen LogP contribution < -0.4 is 4.74 Å². The van der Waals surface area contributed by atoms with Gasteiger partial charge in [0.1, 0.15) is 5.75 Å². The Hall–Kier alpha value is -1.02. The predicted octanol–water partition coefficient (Wildman–Crippen LogP) is 2.85. The molecule has 0 atom stereocenters. The van der Waals surface area contributed by atoms with Gasteiger partial charge in [0.2, 0.25) is 0 Å². The molecule has 0 unspecified atom stereocenters. The van der Waals surface area contributed by atoms with E-state index in [1.807, 2.05) is 24.3 Å². The van der Waals surface area contributed by atoms with Gasteiger partial charge in [0.25, 0.3) is 0 Å². The average Bonchev–Trinajstić information content (AvgIpc) is 2.30. The molecule has 0 heterocycles. The Morgan fingerprint density at radius 3 is 2.60 bits per heavy atom. The molecule has 15 heavy (non-hydrogen) atoms. The van der Waals surface area contributed by atoms with Crippen LogP contribution in [-0.2, 0) is 5.60 Å². The molecule has 0 bridgehead atoms. The van der Waals surface area contributed by atoms with Crippen LogP contribution in [0, 0.1) is 0 Å². The summed E-state index contributed by atoms with van der Waals surface area (Å²) < 4.78 is 5.18. The van der Waals surface area contributed by atoms with E-state index in [0.29, 0.717) is 0 Å². The number of aliphatic hydroxyl groups is 1. The van der Waals surface area contributed by atoms with Gasteiger partial charge in [-0.05, 0) is 30.5 Å². The Kier molecular flexibility index (Phi) is 2.96. The molecule has 0 amide bonds. The first-order chi connectivity index (χ1) is 7.24. The third kappa shape index (κ3) is 2.15. The first-order valence-electron chi connectivity index (χ1n) is 5.61. The average molecular weight is 206 g/mol. The molecular weight excluding hydrogens is 188 g/mol. The number of methoxy groups -OCH3 is 1. The lowest BCUT2D eigenvalue weighted by molar-refractivity contribution is -0.000788. The molecule has 1 aliphatic carbocycles. The lowest BCUT2D eigenvalue weighted by atomic mass is 9.80. The van der Waals surface area contributed by atoms with E-state index in [2.05, 4.69) is 0 Å². The second-order valence-corrected chi connectivity index (χ2v) is 4.32. The van der Waals surface area contributed by atoms with Crippen molar-refractivity contribution in [1.82, 2.24) is 0 Å². The lowest BCUT2D eigenvalue weighted by Gasteiger charge is -2.32. The van der Waals surface area contributed by atoms with E-state index in [4.69, 9.17) is 4.74 Å². The maximum absolute atomic E-state index is 10.5. The molecule has 0 aromatic heterocycles. The summed E-state index contributed by atoms with van der Waals surface area (Å²) in [5, 5.41) is 10.5. The van der Waals surface area contributed by atoms with Crippen molar-refractivity contribution in [2.75, 3.05) is 7.11 Å². The van der Waals surface area contributed by atoms with Crippen molar-refractivity contribution < 1.29 is 9.84 Å². The quantitative estimate of drug-likeness (QED) is 0.806. The summed E-state index contributed by atoms with van der Waals surface area (Å²) in [6, 6.07) is 7.80. The van der Waals surface area contributed by atoms with Crippen LogP contribution in [0.1, 0.15) is 37.7 Å². The minimum Gasteiger partial charge on any atom is -0.497 e. The van der Waals surface area contributed by atoms with Gasteiger partial charge in [0.05, 0.1) is 12.7 Å². The normalized spacial score (nSPS) is 19.9. The third-order valence-corrected chi connectivity index (χ3v) is 3.29. The zero-order valence-electron chi connectivity index (χ0n) is 9.20. The van der Waals surface area contributed by atoms with Gasteiger partial charge < -0.3 is 9.84 Å². The number of benzene rings is 1. The Bertz CT molecular complexity index is 327. The second kappa shape index (κ2) is 4.23. The van der Waals surface area contributed by atoms with Crippen molar-refractivity contribution in [2.24, 2.45) is 0 Å². The van der Waals surface area contributed by atoms with E-state index < -0.39 is 5.60 Å². The molecular formula is C13H18O2. The predicted molar refractivity (Wildman–Crippen MR) is 60.0 cm³/mol. The van der Waals surface area contributed by atoms with Crippen LogP contribution in [-0.4, -0.2) is 12.2 Å². The highest BCUT2D eigenvalue weighted by Crippen LogP contribution is 2.37. The molecule has 1 N–H and O–H groups in total. The lowest BCUT2D eigenvalue weighted by Crippen LogP contribution is -2.28. The van der Waals surface area contributed by atoms with Crippen molar-refractivity contribution >= 4 is 0 Å². The number of rotatable bonds is 2. The molecule has 1 aromatic carbocycles. The topological polar surface area (TPSA) is 29.5 Å². The van der Waals surface area contributed by atoms with Gasteiger partial charge in [-0.3, -0.25) is 0 Å². The van der Waals surface area contributed by atoms with E-state index >= 15 is 0 Å². The monoisotopic (exact) mass is 206 g/mol. The van der Waals surface area contributed by atoms with Gasteiger partial charge in [-0.15, -0.1) is 0 Å². The van der Waals surface area contributed by atoms with Gasteiger partial charge in [0, 0.05) is 0 Å². The highest BCUT2D eigenvalue weighted by Gasteiger charge is 2.31. The maximum atomic E-state index is 10.5. The van der Waals surface area contributed by atoms with Gasteiger partial charge in [-0.1, -0.05) is 31.4 Å². The van der Waals surface area contributed by atoms with E-state index in [0.717, 1.165) is 37.0 Å². The van der Waals surface area contributed by atoms with Crippen LogP contribution >= 0.6 is 0 Å². The summed E-state index contributed by atoms with van der Waals surface area (Å²) in [5.41, 5.74) is 0.383. The molecule has 0 radical (unpaired) electrons. The maximum Gasteiger partial charge on any atom is 0.119 e. The number of hydrogen-bond donors (Lipinski definition) is 1. The third-order valence-electron chi connectivity index (χ3n) is 3.29. The van der Waals surface area contributed by atoms with Crippen molar-refractivity contribution in [3.05, 3.63) is 29.8 Å². The summed E-state index contributed by atoms with van der Waals surface area (Å²) in [5.74, 6) is 0.825. The fourth-order valence-electron chi connectivity index (χ4n) is 2.34. The van der Waals surface area contributed by atoms with Gasteiger partial charge in [0.15, 0.2) is 0 Å². The molecule has 0 saturated heterocycles. The molecule has 2 nitrogen and oxygen atoms in total. The van der Waals surface area contributed by atoms with Crippen LogP contribution in [0.25, 0.3) is 0 Å². The summed E-state index contributed by atoms with van der Waals surface area (Å²) >= 11 is 0. The fourth-order valence-corrected chi connectivity index (χ4v) is 2.34. The Morgan fingerprint density at radius 1 is 1.20 bits per heavy atom. The summed E-state index contributed by atoms with van der Waals surface area (Å²) in [4.78, 5) is 0. The Labute approximate surface area is 90.9 Å².